The van der Waals surface area contributed by atoms with Crippen LogP contribution in [0.25, 0.3) is 11.0 Å². The third-order valence-electron chi connectivity index (χ3n) is 5.59. The molecule has 1 fully saturated rings. The van der Waals surface area contributed by atoms with Crippen LogP contribution in [0.1, 0.15) is 12.0 Å². The largest absolute Gasteiger partial charge is 0.395 e. The van der Waals surface area contributed by atoms with E-state index in [1.54, 1.807) is 11.2 Å². The van der Waals surface area contributed by atoms with Gasteiger partial charge < -0.3 is 19.9 Å². The van der Waals surface area contributed by atoms with Crippen LogP contribution in [-0.4, -0.2) is 52.2 Å². The van der Waals surface area contributed by atoms with Crippen molar-refractivity contribution in [1.29, 1.82) is 0 Å². The molecule has 1 amide bonds. The molecule has 1 saturated heterocycles. The van der Waals surface area contributed by atoms with E-state index < -0.39 is 5.41 Å². The molecule has 2 aliphatic rings. The minimum absolute atomic E-state index is 0.0459. The smallest absolute Gasteiger partial charge is 0.239 e. The average molecular weight is 349 g/mol. The molecule has 7 nitrogen and oxygen atoms in total. The number of anilines is 2. The molecule has 2 aromatic heterocycles. The zero-order valence-corrected chi connectivity index (χ0v) is 14.2. The van der Waals surface area contributed by atoms with Gasteiger partial charge in [-0.05, 0) is 24.1 Å². The molecule has 1 spiro atoms. The monoisotopic (exact) mass is 349 g/mol. The number of rotatable bonds is 3. The molecule has 1 unspecified atom stereocenters. The number of nitrogens with zero attached hydrogens (tertiary/aromatic N) is 4. The van der Waals surface area contributed by atoms with E-state index in [1.807, 2.05) is 36.5 Å². The quantitative estimate of drug-likeness (QED) is 0.747. The highest BCUT2D eigenvalue weighted by Gasteiger charge is 2.54. The van der Waals surface area contributed by atoms with E-state index >= 15 is 0 Å². The number of benzene rings is 1. The van der Waals surface area contributed by atoms with Gasteiger partial charge in [0, 0.05) is 31.5 Å². The van der Waals surface area contributed by atoms with Crippen molar-refractivity contribution in [1.82, 2.24) is 15.0 Å². The highest BCUT2D eigenvalue weighted by atomic mass is 16.3. The first-order valence-corrected chi connectivity index (χ1v) is 8.80. The second kappa shape index (κ2) is 5.54. The Morgan fingerprint density at radius 2 is 2.12 bits per heavy atom. The fourth-order valence-corrected chi connectivity index (χ4v) is 4.41. The first-order valence-electron chi connectivity index (χ1n) is 8.80. The van der Waals surface area contributed by atoms with Gasteiger partial charge in [-0.15, -0.1) is 0 Å². The first-order chi connectivity index (χ1) is 12.7. The third kappa shape index (κ3) is 1.94. The fourth-order valence-electron chi connectivity index (χ4n) is 4.41. The van der Waals surface area contributed by atoms with Crippen LogP contribution in [0.5, 0.6) is 0 Å². The molecule has 3 aromatic rings. The highest BCUT2D eigenvalue weighted by molar-refractivity contribution is 6.09. The van der Waals surface area contributed by atoms with Crippen molar-refractivity contribution in [3.8, 4) is 0 Å². The Labute approximate surface area is 150 Å². The Bertz CT molecular complexity index is 1000. The number of hydrogen-bond donors (Lipinski definition) is 2. The van der Waals surface area contributed by atoms with Crippen LogP contribution in [0.4, 0.5) is 11.5 Å². The van der Waals surface area contributed by atoms with Crippen molar-refractivity contribution in [2.45, 2.75) is 11.8 Å². The van der Waals surface area contributed by atoms with Gasteiger partial charge in [-0.1, -0.05) is 18.2 Å². The van der Waals surface area contributed by atoms with Crippen molar-refractivity contribution in [2.75, 3.05) is 36.0 Å². The molecule has 2 N–H and O–H groups in total. The molecule has 0 bridgehead atoms. The number of nitrogens with one attached hydrogen (secondary N) is 1. The summed E-state index contributed by atoms with van der Waals surface area (Å²) in [5.41, 5.74) is 2.21. The van der Waals surface area contributed by atoms with Crippen molar-refractivity contribution >= 4 is 28.4 Å². The SMILES string of the molecule is O=C1N(CCO)c2ccccc2C12CCN(c1ncnc3[nH]ccc13)C2. The molecule has 2 aliphatic heterocycles. The zero-order chi connectivity index (χ0) is 17.7. The van der Waals surface area contributed by atoms with E-state index in [1.165, 1.54) is 0 Å². The van der Waals surface area contributed by atoms with Gasteiger partial charge >= 0.3 is 0 Å². The van der Waals surface area contributed by atoms with E-state index in [0.717, 1.165) is 41.1 Å². The van der Waals surface area contributed by atoms with Crippen LogP contribution in [-0.2, 0) is 10.2 Å². The molecular weight excluding hydrogens is 330 g/mol. The van der Waals surface area contributed by atoms with Crippen molar-refractivity contribution in [3.05, 3.63) is 48.4 Å². The van der Waals surface area contributed by atoms with Crippen molar-refractivity contribution < 1.29 is 9.90 Å². The van der Waals surface area contributed by atoms with Crippen LogP contribution in [0.15, 0.2) is 42.9 Å². The molecule has 7 heteroatoms. The lowest BCUT2D eigenvalue weighted by atomic mass is 9.81. The number of aliphatic hydroxyl groups excluding tert-OH is 1. The lowest BCUT2D eigenvalue weighted by Crippen LogP contribution is -2.43. The van der Waals surface area contributed by atoms with E-state index in [4.69, 9.17) is 0 Å². The van der Waals surface area contributed by atoms with Gasteiger partial charge in [0.15, 0.2) is 0 Å². The summed E-state index contributed by atoms with van der Waals surface area (Å²) in [5, 5.41) is 10.4. The molecule has 1 atom stereocenters. The Morgan fingerprint density at radius 3 is 3.00 bits per heavy atom. The number of aromatic amines is 1. The van der Waals surface area contributed by atoms with Crippen LogP contribution < -0.4 is 9.80 Å². The summed E-state index contributed by atoms with van der Waals surface area (Å²) in [6.07, 6.45) is 4.15. The van der Waals surface area contributed by atoms with Crippen molar-refractivity contribution in [3.63, 3.8) is 0 Å². The number of fused-ring (bicyclic) bond motifs is 3. The summed E-state index contributed by atoms with van der Waals surface area (Å²) in [4.78, 5) is 29.1. The summed E-state index contributed by atoms with van der Waals surface area (Å²) in [5.74, 6) is 0.939. The lowest BCUT2D eigenvalue weighted by molar-refractivity contribution is -0.122. The number of β-amino-alcohol motifs (C(OH)–C–C–N with tert-alkyl or cyclic N) is 1. The second-order valence-electron chi connectivity index (χ2n) is 6.89. The van der Waals surface area contributed by atoms with Crippen LogP contribution in [0, 0.1) is 0 Å². The minimum atomic E-state index is -0.570. The molecule has 132 valence electrons. The summed E-state index contributed by atoms with van der Waals surface area (Å²) >= 11 is 0. The summed E-state index contributed by atoms with van der Waals surface area (Å²) < 4.78 is 0. The van der Waals surface area contributed by atoms with Gasteiger partial charge in [-0.3, -0.25) is 4.79 Å². The summed E-state index contributed by atoms with van der Waals surface area (Å²) in [6.45, 7) is 1.62. The van der Waals surface area contributed by atoms with E-state index in [0.29, 0.717) is 13.1 Å². The highest BCUT2D eigenvalue weighted by Crippen LogP contribution is 2.48. The van der Waals surface area contributed by atoms with E-state index in [9.17, 15) is 9.90 Å². The second-order valence-corrected chi connectivity index (χ2v) is 6.89. The molecule has 0 aliphatic carbocycles. The third-order valence-corrected chi connectivity index (χ3v) is 5.59. The number of H-pyrrole nitrogens is 1. The maximum absolute atomic E-state index is 13.3. The van der Waals surface area contributed by atoms with Gasteiger partial charge in [0.2, 0.25) is 5.91 Å². The van der Waals surface area contributed by atoms with Gasteiger partial charge in [-0.2, -0.15) is 0 Å². The van der Waals surface area contributed by atoms with Gasteiger partial charge in [0.25, 0.3) is 0 Å². The number of carbonyl (C=O) groups excluding carboxylic acids is 1. The topological polar surface area (TPSA) is 85.3 Å². The molecule has 5 rings (SSSR count). The normalized spacial score (nSPS) is 22.0. The number of aromatic nitrogens is 3. The maximum Gasteiger partial charge on any atom is 0.239 e. The van der Waals surface area contributed by atoms with Crippen LogP contribution in [0.3, 0.4) is 0 Å². The number of hydrogen-bond acceptors (Lipinski definition) is 5. The molecule has 0 saturated carbocycles. The minimum Gasteiger partial charge on any atom is -0.395 e. The lowest BCUT2D eigenvalue weighted by Gasteiger charge is -2.25. The number of carbonyl (C=O) groups is 1. The summed E-state index contributed by atoms with van der Waals surface area (Å²) in [7, 11) is 0. The molecule has 26 heavy (non-hydrogen) atoms. The van der Waals surface area contributed by atoms with Gasteiger partial charge in [-0.25, -0.2) is 9.97 Å². The van der Waals surface area contributed by atoms with Crippen LogP contribution >= 0.6 is 0 Å². The Balaban J connectivity index is 1.57. The predicted molar refractivity (Wildman–Crippen MR) is 98.3 cm³/mol. The van der Waals surface area contributed by atoms with E-state index in [-0.39, 0.29) is 12.5 Å². The Hall–Kier alpha value is -2.93. The zero-order valence-electron chi connectivity index (χ0n) is 14.2. The number of aliphatic hydroxyl groups is 1. The Morgan fingerprint density at radius 1 is 1.23 bits per heavy atom. The molecule has 0 radical (unpaired) electrons. The maximum atomic E-state index is 13.3. The van der Waals surface area contributed by atoms with E-state index in [2.05, 4.69) is 19.9 Å². The average Bonchev–Trinajstić information content (AvgIpc) is 3.37. The van der Waals surface area contributed by atoms with Gasteiger partial charge in [0.1, 0.15) is 17.8 Å². The standard InChI is InChI=1S/C19H19N5O2/c25-10-9-24-15-4-2-1-3-14(15)19(18(24)26)6-8-23(11-19)17-13-5-7-20-16(13)21-12-22-17/h1-5,7,12,25H,6,8-11H2,(H,20,21,22). The van der Waals surface area contributed by atoms with Crippen molar-refractivity contribution in [2.24, 2.45) is 0 Å². The number of amides is 1. The first kappa shape index (κ1) is 15.3. The molecule has 1 aromatic carbocycles. The summed E-state index contributed by atoms with van der Waals surface area (Å²) in [6, 6.07) is 9.90. The Kier molecular flexibility index (Phi) is 3.27. The predicted octanol–water partition coefficient (Wildman–Crippen LogP) is 1.44. The molecule has 4 heterocycles. The van der Waals surface area contributed by atoms with Gasteiger partial charge in [0.05, 0.1) is 17.4 Å². The fraction of sp³-hybridized carbons (Fsp3) is 0.316. The number of para-hydroxylation sites is 1. The van der Waals surface area contributed by atoms with Crippen LogP contribution in [0.2, 0.25) is 0 Å². The molecular formula is C19H19N5O2.